The molecule has 0 fully saturated rings. The lowest BCUT2D eigenvalue weighted by Gasteiger charge is -2.04. The number of hydrogen-bond donors (Lipinski definition) is 2. The first-order chi connectivity index (χ1) is 15.6. The second-order valence-electron chi connectivity index (χ2n) is 6.74. The Morgan fingerprint density at radius 2 is 1.94 bits per heavy atom. The number of benzene rings is 2. The first-order valence-corrected chi connectivity index (χ1v) is 11.3. The lowest BCUT2D eigenvalue weighted by Crippen LogP contribution is -2.09. The summed E-state index contributed by atoms with van der Waals surface area (Å²) in [7, 11) is 1.63. The summed E-state index contributed by atoms with van der Waals surface area (Å²) in [5.41, 5.74) is 2.19. The average molecular weight is 465 g/mol. The van der Waals surface area contributed by atoms with Gasteiger partial charge < -0.3 is 14.8 Å². The van der Waals surface area contributed by atoms with Crippen molar-refractivity contribution >= 4 is 33.3 Å². The summed E-state index contributed by atoms with van der Waals surface area (Å²) in [6.07, 6.45) is 0. The summed E-state index contributed by atoms with van der Waals surface area (Å²) < 4.78 is 7.35. The van der Waals surface area contributed by atoms with E-state index in [-0.39, 0.29) is 11.3 Å². The zero-order valence-corrected chi connectivity index (χ0v) is 18.4. The highest BCUT2D eigenvalue weighted by Crippen LogP contribution is 2.32. The van der Waals surface area contributed by atoms with Gasteiger partial charge in [-0.05, 0) is 70.6 Å². The highest BCUT2D eigenvalue weighted by atomic mass is 32.2. The van der Waals surface area contributed by atoms with E-state index in [1.807, 2.05) is 30.3 Å². The van der Waals surface area contributed by atoms with Gasteiger partial charge in [0.25, 0.3) is 5.56 Å². The Kier molecular flexibility index (Phi) is 5.33. The van der Waals surface area contributed by atoms with Crippen LogP contribution in [0.4, 0.5) is 0 Å². The topological polar surface area (TPSA) is 119 Å². The summed E-state index contributed by atoms with van der Waals surface area (Å²) in [5.74, 6) is 1.86. The van der Waals surface area contributed by atoms with Gasteiger partial charge in [0.15, 0.2) is 0 Å². The molecule has 0 aliphatic rings. The first-order valence-electron chi connectivity index (χ1n) is 9.48. The second kappa shape index (κ2) is 8.44. The second-order valence-corrected chi connectivity index (χ2v) is 8.74. The number of aromatic amines is 1. The zero-order valence-electron chi connectivity index (χ0n) is 16.7. The molecule has 5 aromatic rings. The number of H-pyrrole nitrogens is 1. The molecule has 160 valence electrons. The number of aromatic hydroxyl groups is 1. The van der Waals surface area contributed by atoms with Gasteiger partial charge in [-0.1, -0.05) is 11.8 Å². The number of rotatable bonds is 6. The molecule has 0 aliphatic carbocycles. The summed E-state index contributed by atoms with van der Waals surface area (Å²) in [5, 5.41) is 21.8. The normalized spacial score (nSPS) is 11.2. The molecule has 0 aliphatic heterocycles. The summed E-state index contributed by atoms with van der Waals surface area (Å²) >= 11 is 2.76. The van der Waals surface area contributed by atoms with Crippen molar-refractivity contribution in [3.63, 3.8) is 0 Å². The van der Waals surface area contributed by atoms with Gasteiger partial charge in [0, 0.05) is 4.88 Å². The Morgan fingerprint density at radius 1 is 1.16 bits per heavy atom. The van der Waals surface area contributed by atoms with E-state index in [2.05, 4.69) is 25.5 Å². The molecule has 32 heavy (non-hydrogen) atoms. The molecule has 11 heteroatoms. The number of ether oxygens (including phenoxy) is 1. The molecule has 2 N–H and O–H groups in total. The van der Waals surface area contributed by atoms with Crippen LogP contribution in [0, 0.1) is 0 Å². The molecule has 5 rings (SSSR count). The minimum absolute atomic E-state index is 0.163. The van der Waals surface area contributed by atoms with Gasteiger partial charge in [-0.3, -0.25) is 4.79 Å². The fraction of sp³-hybridized carbons (Fsp3) is 0.0952. The SMILES string of the molecule is COc1ccc(-c2cc3nc(CSc4nnnn4-c4ccc(O)cc4)[nH]c(=O)c3s2)cc1. The molecular formula is C21H16N6O3S2. The fourth-order valence-electron chi connectivity index (χ4n) is 3.11. The summed E-state index contributed by atoms with van der Waals surface area (Å²) in [6, 6.07) is 16.2. The number of thiophene rings is 1. The van der Waals surface area contributed by atoms with Gasteiger partial charge >= 0.3 is 0 Å². The number of methoxy groups -OCH3 is 1. The summed E-state index contributed by atoms with van der Waals surface area (Å²) in [6.45, 7) is 0. The molecule has 3 heterocycles. The molecule has 0 bridgehead atoms. The molecule has 0 atom stereocenters. The van der Waals surface area contributed by atoms with Crippen molar-refractivity contribution in [1.29, 1.82) is 0 Å². The number of thioether (sulfide) groups is 1. The van der Waals surface area contributed by atoms with E-state index in [0.29, 0.717) is 32.6 Å². The molecule has 0 radical (unpaired) electrons. The minimum atomic E-state index is -0.173. The first kappa shape index (κ1) is 20.2. The molecule has 2 aromatic carbocycles. The van der Waals surface area contributed by atoms with Crippen LogP contribution in [0.5, 0.6) is 11.5 Å². The quantitative estimate of drug-likeness (QED) is 0.366. The number of tetrazole rings is 1. The van der Waals surface area contributed by atoms with Crippen LogP contribution >= 0.6 is 23.1 Å². The fourth-order valence-corrected chi connectivity index (χ4v) is 4.87. The van der Waals surface area contributed by atoms with Crippen molar-refractivity contribution in [2.24, 2.45) is 0 Å². The van der Waals surface area contributed by atoms with Crippen molar-refractivity contribution in [1.82, 2.24) is 30.2 Å². The monoisotopic (exact) mass is 464 g/mol. The number of nitrogens with zero attached hydrogens (tertiary/aromatic N) is 5. The highest BCUT2D eigenvalue weighted by molar-refractivity contribution is 7.98. The van der Waals surface area contributed by atoms with Crippen LogP contribution < -0.4 is 10.3 Å². The Hall–Kier alpha value is -3.70. The number of fused-ring (bicyclic) bond motifs is 1. The van der Waals surface area contributed by atoms with Crippen molar-refractivity contribution in [3.05, 3.63) is 70.8 Å². The predicted octanol–water partition coefficient (Wildman–Crippen LogP) is 3.63. The van der Waals surface area contributed by atoms with Crippen LogP contribution in [-0.2, 0) is 5.75 Å². The molecule has 0 saturated heterocycles. The molecule has 0 saturated carbocycles. The molecule has 3 aromatic heterocycles. The maximum Gasteiger partial charge on any atom is 0.268 e. The van der Waals surface area contributed by atoms with Gasteiger partial charge in [0.05, 0.1) is 24.1 Å². The maximum atomic E-state index is 12.6. The third-order valence-electron chi connectivity index (χ3n) is 4.68. The molecule has 0 amide bonds. The number of phenolic OH excluding ortho intramolecular Hbond substituents is 1. The lowest BCUT2D eigenvalue weighted by atomic mass is 10.2. The van der Waals surface area contributed by atoms with E-state index in [9.17, 15) is 9.90 Å². The Balaban J connectivity index is 1.39. The number of nitrogens with one attached hydrogen (secondary N) is 1. The number of aromatic nitrogens is 6. The van der Waals surface area contributed by atoms with Crippen molar-refractivity contribution in [2.75, 3.05) is 7.11 Å². The van der Waals surface area contributed by atoms with E-state index in [0.717, 1.165) is 16.2 Å². The number of phenols is 1. The lowest BCUT2D eigenvalue weighted by molar-refractivity contribution is 0.415. The summed E-state index contributed by atoms with van der Waals surface area (Å²) in [4.78, 5) is 21.1. The van der Waals surface area contributed by atoms with Gasteiger partial charge in [0.2, 0.25) is 5.16 Å². The zero-order chi connectivity index (χ0) is 22.1. The number of hydrogen-bond acceptors (Lipinski definition) is 9. The molecule has 9 nitrogen and oxygen atoms in total. The van der Waals surface area contributed by atoms with Gasteiger partial charge in [-0.25, -0.2) is 4.98 Å². The van der Waals surface area contributed by atoms with Crippen LogP contribution in [-0.4, -0.2) is 42.4 Å². The van der Waals surface area contributed by atoms with E-state index in [1.54, 1.807) is 36.1 Å². The van der Waals surface area contributed by atoms with Crippen molar-refractivity contribution in [2.45, 2.75) is 10.9 Å². The van der Waals surface area contributed by atoms with Crippen molar-refractivity contribution in [3.8, 4) is 27.6 Å². The van der Waals surface area contributed by atoms with Gasteiger partial charge in [-0.2, -0.15) is 4.68 Å². The van der Waals surface area contributed by atoms with Crippen molar-refractivity contribution < 1.29 is 9.84 Å². The van der Waals surface area contributed by atoms with Crippen LogP contribution in [0.15, 0.2) is 64.5 Å². The van der Waals surface area contributed by atoms with E-state index >= 15 is 0 Å². The Bertz CT molecular complexity index is 1440. The molecule has 0 spiro atoms. The predicted molar refractivity (Wildman–Crippen MR) is 123 cm³/mol. The third-order valence-corrected chi connectivity index (χ3v) is 6.78. The van der Waals surface area contributed by atoms with Crippen LogP contribution in [0.3, 0.4) is 0 Å². The van der Waals surface area contributed by atoms with Gasteiger partial charge in [0.1, 0.15) is 22.0 Å². The Morgan fingerprint density at radius 3 is 2.69 bits per heavy atom. The largest absolute Gasteiger partial charge is 0.508 e. The van der Waals surface area contributed by atoms with Crippen LogP contribution in [0.25, 0.3) is 26.3 Å². The van der Waals surface area contributed by atoms with Crippen LogP contribution in [0.1, 0.15) is 5.82 Å². The van der Waals surface area contributed by atoms with Crippen LogP contribution in [0.2, 0.25) is 0 Å². The molecular weight excluding hydrogens is 448 g/mol. The molecule has 0 unspecified atom stereocenters. The van der Waals surface area contributed by atoms with E-state index in [4.69, 9.17) is 4.74 Å². The van der Waals surface area contributed by atoms with E-state index in [1.165, 1.54) is 23.1 Å². The van der Waals surface area contributed by atoms with Gasteiger partial charge in [-0.15, -0.1) is 16.4 Å². The third kappa shape index (κ3) is 3.95. The standard InChI is InChI=1S/C21H16N6O3S2/c1-30-15-8-2-12(3-9-15)17-10-16-19(32-17)20(29)23-18(22-16)11-31-21-24-25-26-27(21)13-4-6-14(28)7-5-13/h2-10,28H,11H2,1H3,(H,22,23,29). The average Bonchev–Trinajstić information content (AvgIpc) is 3.46. The maximum absolute atomic E-state index is 12.6. The highest BCUT2D eigenvalue weighted by Gasteiger charge is 2.13. The smallest absolute Gasteiger partial charge is 0.268 e. The minimum Gasteiger partial charge on any atom is -0.508 e. The van der Waals surface area contributed by atoms with E-state index < -0.39 is 0 Å². The Labute approximate surface area is 189 Å².